The quantitative estimate of drug-likeness (QED) is 0.648. The van der Waals surface area contributed by atoms with E-state index in [9.17, 15) is 4.79 Å². The van der Waals surface area contributed by atoms with Gasteiger partial charge in [0.25, 0.3) is 0 Å². The van der Waals surface area contributed by atoms with Crippen molar-refractivity contribution < 1.29 is 9.53 Å². The van der Waals surface area contributed by atoms with Gasteiger partial charge in [-0.05, 0) is 56.3 Å². The second kappa shape index (κ2) is 6.38. The molecule has 3 aromatic rings. The van der Waals surface area contributed by atoms with Crippen molar-refractivity contribution in [2.45, 2.75) is 13.8 Å². The van der Waals surface area contributed by atoms with Crippen LogP contribution in [0.1, 0.15) is 23.0 Å². The Morgan fingerprint density at radius 2 is 1.96 bits per heavy atom. The number of aromatic nitrogens is 1. The third-order valence-electron chi connectivity index (χ3n) is 3.92. The zero-order valence-corrected chi connectivity index (χ0v) is 14.1. The van der Waals surface area contributed by atoms with E-state index in [4.69, 9.17) is 21.6 Å². The van der Waals surface area contributed by atoms with Gasteiger partial charge in [0, 0.05) is 27.4 Å². The number of rotatable bonds is 4. The molecular formula is C19H15ClN2O2. The van der Waals surface area contributed by atoms with E-state index in [1.165, 1.54) is 0 Å². The van der Waals surface area contributed by atoms with Gasteiger partial charge in [-0.25, -0.2) is 0 Å². The summed E-state index contributed by atoms with van der Waals surface area (Å²) in [5, 5.41) is 10.1. The molecule has 0 fully saturated rings. The summed E-state index contributed by atoms with van der Waals surface area (Å²) in [5.41, 5.74) is 3.35. The molecule has 3 rings (SSSR count). The standard InChI is InChI=1S/C19H15ClN2O2/c1-12-19(13(2)23)17-11-16(24-10-9-21)7-8-18(17)22(12)15-5-3-14(20)4-6-15/h3-8,11H,10H2,1-2H3. The summed E-state index contributed by atoms with van der Waals surface area (Å²) in [6.07, 6.45) is 0. The maximum absolute atomic E-state index is 12.2. The predicted octanol–water partition coefficient (Wildman–Crippen LogP) is 4.70. The lowest BCUT2D eigenvalue weighted by Crippen LogP contribution is -1.99. The third-order valence-corrected chi connectivity index (χ3v) is 4.17. The van der Waals surface area contributed by atoms with Gasteiger partial charge in [-0.1, -0.05) is 11.6 Å². The molecule has 0 aliphatic heterocycles. The number of Topliss-reactive ketones (excluding diaryl/α,β-unsaturated/α-hetero) is 1. The minimum Gasteiger partial charge on any atom is -0.479 e. The number of hydrogen-bond acceptors (Lipinski definition) is 3. The number of nitrogens with zero attached hydrogens (tertiary/aromatic N) is 2. The second-order valence-corrected chi connectivity index (χ2v) is 5.89. The molecule has 2 aromatic carbocycles. The topological polar surface area (TPSA) is 55.0 Å². The molecule has 0 unspecified atom stereocenters. The monoisotopic (exact) mass is 338 g/mol. The van der Waals surface area contributed by atoms with E-state index in [2.05, 4.69) is 0 Å². The number of benzene rings is 2. The van der Waals surface area contributed by atoms with Gasteiger partial charge in [0.1, 0.15) is 11.8 Å². The van der Waals surface area contributed by atoms with Crippen molar-refractivity contribution in [2.75, 3.05) is 6.61 Å². The highest BCUT2D eigenvalue weighted by molar-refractivity contribution is 6.30. The highest BCUT2D eigenvalue weighted by Crippen LogP contribution is 2.32. The Hall–Kier alpha value is -2.77. The summed E-state index contributed by atoms with van der Waals surface area (Å²) >= 11 is 5.98. The van der Waals surface area contributed by atoms with Gasteiger partial charge in [0.05, 0.1) is 5.52 Å². The van der Waals surface area contributed by atoms with Crippen molar-refractivity contribution >= 4 is 28.3 Å². The Morgan fingerprint density at radius 3 is 2.58 bits per heavy atom. The lowest BCUT2D eigenvalue weighted by atomic mass is 10.1. The van der Waals surface area contributed by atoms with Crippen molar-refractivity contribution in [1.29, 1.82) is 5.26 Å². The molecule has 0 aliphatic carbocycles. The van der Waals surface area contributed by atoms with Crippen LogP contribution < -0.4 is 4.74 Å². The van der Waals surface area contributed by atoms with E-state index in [0.717, 1.165) is 22.3 Å². The van der Waals surface area contributed by atoms with Crippen molar-refractivity contribution in [3.63, 3.8) is 0 Å². The summed E-state index contributed by atoms with van der Waals surface area (Å²) in [7, 11) is 0. The number of hydrogen-bond donors (Lipinski definition) is 0. The number of carbonyl (C=O) groups is 1. The van der Waals surface area contributed by atoms with Gasteiger partial charge in [0.15, 0.2) is 12.4 Å². The van der Waals surface area contributed by atoms with E-state index >= 15 is 0 Å². The number of ketones is 1. The molecule has 1 heterocycles. The average Bonchev–Trinajstić information content (AvgIpc) is 2.85. The number of halogens is 1. The molecule has 0 atom stereocenters. The first kappa shape index (κ1) is 16.1. The van der Waals surface area contributed by atoms with Crippen molar-refractivity contribution in [3.8, 4) is 17.5 Å². The largest absolute Gasteiger partial charge is 0.479 e. The van der Waals surface area contributed by atoms with Crippen LogP contribution in [0.15, 0.2) is 42.5 Å². The number of carbonyl (C=O) groups excluding carboxylic acids is 1. The minimum absolute atomic E-state index is 0.0114. The molecule has 0 saturated carbocycles. The molecule has 0 radical (unpaired) electrons. The lowest BCUT2D eigenvalue weighted by Gasteiger charge is -2.09. The molecule has 0 saturated heterocycles. The summed E-state index contributed by atoms with van der Waals surface area (Å²) in [6, 6.07) is 14.9. The van der Waals surface area contributed by atoms with Gasteiger partial charge in [-0.15, -0.1) is 0 Å². The molecule has 5 heteroatoms. The first-order valence-electron chi connectivity index (χ1n) is 7.44. The summed E-state index contributed by atoms with van der Waals surface area (Å²) in [5.74, 6) is 0.558. The van der Waals surface area contributed by atoms with E-state index in [1.54, 1.807) is 13.0 Å². The first-order chi connectivity index (χ1) is 11.5. The SMILES string of the molecule is CC(=O)c1c(C)n(-c2ccc(Cl)cc2)c2ccc(OCC#N)cc12. The molecule has 0 spiro atoms. The summed E-state index contributed by atoms with van der Waals surface area (Å²) < 4.78 is 7.39. The maximum atomic E-state index is 12.2. The van der Waals surface area contributed by atoms with Crippen LogP contribution in [0, 0.1) is 18.3 Å². The molecule has 120 valence electrons. The maximum Gasteiger partial charge on any atom is 0.174 e. The minimum atomic E-state index is -0.0300. The Bertz CT molecular complexity index is 966. The van der Waals surface area contributed by atoms with Gasteiger partial charge in [0.2, 0.25) is 0 Å². The van der Waals surface area contributed by atoms with Gasteiger partial charge >= 0.3 is 0 Å². The van der Waals surface area contributed by atoms with Crippen molar-refractivity contribution in [1.82, 2.24) is 4.57 Å². The Balaban J connectivity index is 2.26. The average molecular weight is 339 g/mol. The second-order valence-electron chi connectivity index (χ2n) is 5.45. The molecule has 0 aliphatic rings. The highest BCUT2D eigenvalue weighted by atomic mass is 35.5. The van der Waals surface area contributed by atoms with Gasteiger partial charge < -0.3 is 9.30 Å². The number of ether oxygens (including phenoxy) is 1. The lowest BCUT2D eigenvalue weighted by molar-refractivity contribution is 0.101. The van der Waals surface area contributed by atoms with E-state index in [-0.39, 0.29) is 12.4 Å². The Kier molecular flexibility index (Phi) is 4.28. The van der Waals surface area contributed by atoms with Crippen LogP contribution in [0.2, 0.25) is 5.02 Å². The zero-order chi connectivity index (χ0) is 17.3. The smallest absolute Gasteiger partial charge is 0.174 e. The molecule has 0 bridgehead atoms. The summed E-state index contributed by atoms with van der Waals surface area (Å²) in [6.45, 7) is 3.44. The van der Waals surface area contributed by atoms with Crippen LogP contribution in [0.3, 0.4) is 0 Å². The highest BCUT2D eigenvalue weighted by Gasteiger charge is 2.19. The van der Waals surface area contributed by atoms with Gasteiger partial charge in [-0.3, -0.25) is 4.79 Å². The van der Waals surface area contributed by atoms with Crippen molar-refractivity contribution in [2.24, 2.45) is 0 Å². The number of nitriles is 1. The molecule has 0 N–H and O–H groups in total. The van der Waals surface area contributed by atoms with Crippen LogP contribution in [0.25, 0.3) is 16.6 Å². The Morgan fingerprint density at radius 1 is 1.25 bits per heavy atom. The third kappa shape index (κ3) is 2.75. The van der Waals surface area contributed by atoms with E-state index in [0.29, 0.717) is 16.3 Å². The molecule has 24 heavy (non-hydrogen) atoms. The Labute approximate surface area is 144 Å². The normalized spacial score (nSPS) is 10.6. The molecule has 1 aromatic heterocycles. The fourth-order valence-corrected chi connectivity index (χ4v) is 3.10. The van der Waals surface area contributed by atoms with Crippen LogP contribution in [-0.4, -0.2) is 17.0 Å². The van der Waals surface area contributed by atoms with Crippen LogP contribution in [-0.2, 0) is 0 Å². The van der Waals surface area contributed by atoms with Crippen LogP contribution in [0.4, 0.5) is 0 Å². The molecular weight excluding hydrogens is 324 g/mol. The van der Waals surface area contributed by atoms with Crippen molar-refractivity contribution in [3.05, 3.63) is 58.7 Å². The van der Waals surface area contributed by atoms with E-state index in [1.807, 2.05) is 54.0 Å². The van der Waals surface area contributed by atoms with Gasteiger partial charge in [-0.2, -0.15) is 5.26 Å². The van der Waals surface area contributed by atoms with Crippen LogP contribution >= 0.6 is 11.6 Å². The first-order valence-corrected chi connectivity index (χ1v) is 7.82. The fourth-order valence-electron chi connectivity index (χ4n) is 2.97. The van der Waals surface area contributed by atoms with Crippen LogP contribution in [0.5, 0.6) is 5.75 Å². The molecule has 4 nitrogen and oxygen atoms in total. The zero-order valence-electron chi connectivity index (χ0n) is 13.3. The predicted molar refractivity (Wildman–Crippen MR) is 94.1 cm³/mol. The summed E-state index contributed by atoms with van der Waals surface area (Å²) in [4.78, 5) is 12.2. The fraction of sp³-hybridized carbons (Fsp3) is 0.158. The number of fused-ring (bicyclic) bond motifs is 1. The van der Waals surface area contributed by atoms with E-state index < -0.39 is 0 Å². The molecule has 0 amide bonds.